The van der Waals surface area contributed by atoms with Crippen molar-refractivity contribution >= 4 is 24.0 Å². The first-order valence-electron chi connectivity index (χ1n) is 3.17. The molecule has 0 amide bonds. The minimum Gasteiger partial charge on any atom is -0.481 e. The second-order valence-corrected chi connectivity index (χ2v) is 2.43. The molecule has 1 rings (SSSR count). The van der Waals surface area contributed by atoms with E-state index in [-0.39, 0.29) is 12.4 Å². The highest BCUT2D eigenvalue weighted by Gasteiger charge is 1.98. The smallest absolute Gasteiger partial charge is 0.214 e. The van der Waals surface area contributed by atoms with Gasteiger partial charge in [-0.2, -0.15) is 0 Å². The Labute approximate surface area is 82.3 Å². The van der Waals surface area contributed by atoms with Crippen LogP contribution in [0.2, 0.25) is 5.15 Å². The highest BCUT2D eigenvalue weighted by molar-refractivity contribution is 6.29. The lowest BCUT2D eigenvalue weighted by Gasteiger charge is -2.01. The molecule has 0 aromatic carbocycles. The number of halogens is 2. The van der Waals surface area contributed by atoms with Gasteiger partial charge in [0, 0.05) is 12.6 Å². The summed E-state index contributed by atoms with van der Waals surface area (Å²) in [5, 5.41) is 0.407. The number of nitrogens with zero attached hydrogens (tertiary/aromatic N) is 1. The van der Waals surface area contributed by atoms with Crippen molar-refractivity contribution in [2.24, 2.45) is 5.73 Å². The monoisotopic (exact) mass is 208 g/mol. The van der Waals surface area contributed by atoms with Crippen molar-refractivity contribution in [1.29, 1.82) is 0 Å². The molecule has 2 N–H and O–H groups in total. The number of rotatable bonds is 2. The number of pyridine rings is 1. The maximum atomic E-state index is 5.66. The number of hydrogen-bond acceptors (Lipinski definition) is 3. The van der Waals surface area contributed by atoms with Crippen LogP contribution in [0.15, 0.2) is 12.1 Å². The SMILES string of the molecule is COc1cc(CN)cc(Cl)n1.Cl. The first-order valence-corrected chi connectivity index (χ1v) is 3.54. The van der Waals surface area contributed by atoms with Gasteiger partial charge < -0.3 is 10.5 Å². The summed E-state index contributed by atoms with van der Waals surface area (Å²) in [6.45, 7) is 0.443. The fourth-order valence-corrected chi connectivity index (χ4v) is 0.969. The molecule has 0 unspecified atom stereocenters. The van der Waals surface area contributed by atoms with Gasteiger partial charge in [-0.05, 0) is 11.6 Å². The second kappa shape index (κ2) is 5.19. The lowest BCUT2D eigenvalue weighted by Crippen LogP contribution is -1.98. The molecular formula is C7H10Cl2N2O. The quantitative estimate of drug-likeness (QED) is 0.753. The fraction of sp³-hybridized carbons (Fsp3) is 0.286. The first kappa shape index (κ1) is 11.5. The molecule has 0 atom stereocenters. The van der Waals surface area contributed by atoms with Crippen LogP contribution < -0.4 is 10.5 Å². The Morgan fingerprint density at radius 3 is 2.75 bits per heavy atom. The highest BCUT2D eigenvalue weighted by Crippen LogP contribution is 2.14. The van der Waals surface area contributed by atoms with E-state index in [0.717, 1.165) is 5.56 Å². The molecule has 3 nitrogen and oxygen atoms in total. The van der Waals surface area contributed by atoms with Crippen molar-refractivity contribution < 1.29 is 4.74 Å². The molecule has 68 valence electrons. The Morgan fingerprint density at radius 2 is 2.25 bits per heavy atom. The van der Waals surface area contributed by atoms with Crippen LogP contribution in [0.3, 0.4) is 0 Å². The molecule has 0 saturated carbocycles. The second-order valence-electron chi connectivity index (χ2n) is 2.04. The van der Waals surface area contributed by atoms with Crippen LogP contribution in [0, 0.1) is 0 Å². The molecule has 5 heteroatoms. The van der Waals surface area contributed by atoms with Crippen molar-refractivity contribution in [3.8, 4) is 5.88 Å². The summed E-state index contributed by atoms with van der Waals surface area (Å²) in [7, 11) is 1.54. The van der Waals surface area contributed by atoms with Gasteiger partial charge >= 0.3 is 0 Å². The third kappa shape index (κ3) is 2.85. The molecule has 1 aromatic heterocycles. The van der Waals surface area contributed by atoms with Gasteiger partial charge in [0.2, 0.25) is 5.88 Å². The molecule has 1 aromatic rings. The number of aromatic nitrogens is 1. The average molecular weight is 209 g/mol. The Kier molecular flexibility index (Phi) is 4.97. The first-order chi connectivity index (χ1) is 5.26. The maximum Gasteiger partial charge on any atom is 0.214 e. The van der Waals surface area contributed by atoms with Crippen LogP contribution in [0.25, 0.3) is 0 Å². The Bertz CT molecular complexity index is 233. The molecule has 12 heavy (non-hydrogen) atoms. The van der Waals surface area contributed by atoms with Crippen LogP contribution >= 0.6 is 24.0 Å². The summed E-state index contributed by atoms with van der Waals surface area (Å²) in [5.41, 5.74) is 6.32. The fourth-order valence-electron chi connectivity index (χ4n) is 0.745. The molecule has 0 spiro atoms. The van der Waals surface area contributed by atoms with Crippen LogP contribution in [0.5, 0.6) is 5.88 Å². The van der Waals surface area contributed by atoms with E-state index >= 15 is 0 Å². The van der Waals surface area contributed by atoms with Crippen LogP contribution in [0.4, 0.5) is 0 Å². The van der Waals surface area contributed by atoms with E-state index in [0.29, 0.717) is 17.6 Å². The van der Waals surface area contributed by atoms with Crippen molar-refractivity contribution in [1.82, 2.24) is 4.98 Å². The van der Waals surface area contributed by atoms with E-state index in [9.17, 15) is 0 Å². The van der Waals surface area contributed by atoms with Crippen molar-refractivity contribution in [2.45, 2.75) is 6.54 Å². The molecule has 0 aliphatic rings. The van der Waals surface area contributed by atoms with Crippen LogP contribution in [0.1, 0.15) is 5.56 Å². The normalized spacial score (nSPS) is 8.92. The van der Waals surface area contributed by atoms with Crippen LogP contribution in [-0.2, 0) is 6.54 Å². The van der Waals surface area contributed by atoms with Crippen molar-refractivity contribution in [3.63, 3.8) is 0 Å². The molecule has 0 aliphatic carbocycles. The minimum absolute atomic E-state index is 0. The van der Waals surface area contributed by atoms with Crippen LogP contribution in [-0.4, -0.2) is 12.1 Å². The van der Waals surface area contributed by atoms with Gasteiger partial charge in [-0.3, -0.25) is 0 Å². The Morgan fingerprint density at radius 1 is 1.58 bits per heavy atom. The minimum atomic E-state index is 0. The van der Waals surface area contributed by atoms with Crippen molar-refractivity contribution in [3.05, 3.63) is 22.8 Å². The third-order valence-corrected chi connectivity index (χ3v) is 1.47. The number of hydrogen-bond donors (Lipinski definition) is 1. The van der Waals surface area contributed by atoms with E-state index < -0.39 is 0 Å². The predicted molar refractivity (Wildman–Crippen MR) is 50.9 cm³/mol. The molecule has 0 bridgehead atoms. The van der Waals surface area contributed by atoms with Gasteiger partial charge in [0.15, 0.2) is 0 Å². The van der Waals surface area contributed by atoms with Crippen molar-refractivity contribution in [2.75, 3.05) is 7.11 Å². The van der Waals surface area contributed by atoms with E-state index in [2.05, 4.69) is 4.98 Å². The summed E-state index contributed by atoms with van der Waals surface area (Å²) in [5.74, 6) is 0.498. The number of methoxy groups -OCH3 is 1. The zero-order valence-electron chi connectivity index (χ0n) is 6.58. The van der Waals surface area contributed by atoms with Gasteiger partial charge in [0.25, 0.3) is 0 Å². The largest absolute Gasteiger partial charge is 0.481 e. The summed E-state index contributed by atoms with van der Waals surface area (Å²) in [4.78, 5) is 3.89. The Hall–Kier alpha value is -0.510. The summed E-state index contributed by atoms with van der Waals surface area (Å²) < 4.78 is 4.89. The van der Waals surface area contributed by atoms with E-state index in [4.69, 9.17) is 22.1 Å². The summed E-state index contributed by atoms with van der Waals surface area (Å²) in [6.07, 6.45) is 0. The lowest BCUT2D eigenvalue weighted by molar-refractivity contribution is 0.397. The molecule has 0 saturated heterocycles. The standard InChI is InChI=1S/C7H9ClN2O.ClH/c1-11-7-3-5(4-9)2-6(8)10-7;/h2-3H,4,9H2,1H3;1H. The van der Waals surface area contributed by atoms with E-state index in [1.165, 1.54) is 0 Å². The average Bonchev–Trinajstić information content (AvgIpc) is 2.03. The Balaban J connectivity index is 0.00000121. The van der Waals surface area contributed by atoms with Gasteiger partial charge in [-0.15, -0.1) is 12.4 Å². The van der Waals surface area contributed by atoms with Gasteiger partial charge in [-0.25, -0.2) is 4.98 Å². The molecule has 0 aliphatic heterocycles. The van der Waals surface area contributed by atoms with E-state index in [1.54, 1.807) is 19.2 Å². The predicted octanol–water partition coefficient (Wildman–Crippen LogP) is 1.62. The summed E-state index contributed by atoms with van der Waals surface area (Å²) >= 11 is 5.66. The van der Waals surface area contributed by atoms with E-state index in [1.807, 2.05) is 0 Å². The van der Waals surface area contributed by atoms with Gasteiger partial charge in [-0.1, -0.05) is 11.6 Å². The number of nitrogens with two attached hydrogens (primary N) is 1. The molecule has 1 heterocycles. The highest BCUT2D eigenvalue weighted by atomic mass is 35.5. The molecule has 0 radical (unpaired) electrons. The topological polar surface area (TPSA) is 48.1 Å². The maximum absolute atomic E-state index is 5.66. The van der Waals surface area contributed by atoms with Gasteiger partial charge in [0.1, 0.15) is 5.15 Å². The lowest BCUT2D eigenvalue weighted by atomic mass is 10.3. The molecular weight excluding hydrogens is 199 g/mol. The zero-order chi connectivity index (χ0) is 8.27. The summed E-state index contributed by atoms with van der Waals surface area (Å²) in [6, 6.07) is 3.47. The van der Waals surface area contributed by atoms with Gasteiger partial charge in [0.05, 0.1) is 7.11 Å². The third-order valence-electron chi connectivity index (χ3n) is 1.28. The molecule has 0 fully saturated rings. The zero-order valence-corrected chi connectivity index (χ0v) is 8.15. The number of ether oxygens (including phenoxy) is 1.